The van der Waals surface area contributed by atoms with Crippen LogP contribution in [0.15, 0.2) is 0 Å². The van der Waals surface area contributed by atoms with E-state index in [0.717, 1.165) is 36.7 Å². The molecule has 0 saturated carbocycles. The third-order valence-electron chi connectivity index (χ3n) is 0.995. The van der Waals surface area contributed by atoms with Crippen LogP contribution in [0.25, 0.3) is 0 Å². The van der Waals surface area contributed by atoms with E-state index in [2.05, 4.69) is 11.3 Å². The standard InChI is InChI=1S/C6H11O2.CH6OSi/c1-2-3-7-4-6-5-8-6;1-2-3/h6H,1-5H2;1,3H3. The molecule has 0 aliphatic carbocycles. The fourth-order valence-corrected chi connectivity index (χ4v) is 0.481. The van der Waals surface area contributed by atoms with Crippen molar-refractivity contribution >= 4 is 10.5 Å². The molecule has 0 spiro atoms. The minimum absolute atomic E-state index is 0.404. The van der Waals surface area contributed by atoms with Crippen molar-refractivity contribution in [3.05, 3.63) is 6.92 Å². The molecule has 0 bridgehead atoms. The molecule has 1 atom stereocenters. The third kappa shape index (κ3) is 10.1. The van der Waals surface area contributed by atoms with Gasteiger partial charge in [-0.15, -0.1) is 0 Å². The highest BCUT2D eigenvalue weighted by atomic mass is 28.2. The molecular weight excluding hydrogens is 160 g/mol. The first-order chi connectivity index (χ1) is 5.35. The minimum atomic E-state index is 0.404. The Morgan fingerprint density at radius 2 is 2.27 bits per heavy atom. The van der Waals surface area contributed by atoms with Gasteiger partial charge >= 0.3 is 0 Å². The lowest BCUT2D eigenvalue weighted by atomic mass is 10.5. The van der Waals surface area contributed by atoms with Crippen LogP contribution in [0.3, 0.4) is 0 Å². The Balaban J connectivity index is 0.000000292. The maximum absolute atomic E-state index is 5.12. The molecule has 67 valence electrons. The molecule has 3 nitrogen and oxygen atoms in total. The molecule has 0 N–H and O–H groups in total. The molecule has 1 radical (unpaired) electrons. The molecule has 1 fully saturated rings. The molecule has 1 aliphatic rings. The van der Waals surface area contributed by atoms with Crippen molar-refractivity contribution in [2.45, 2.75) is 12.5 Å². The monoisotopic (exact) mass is 177 g/mol. The van der Waals surface area contributed by atoms with Gasteiger partial charge in [0.1, 0.15) is 16.6 Å². The number of hydrogen-bond donors (Lipinski definition) is 0. The van der Waals surface area contributed by atoms with Crippen molar-refractivity contribution < 1.29 is 13.9 Å². The van der Waals surface area contributed by atoms with Crippen molar-refractivity contribution in [1.29, 1.82) is 0 Å². The Hall–Kier alpha value is 0.0969. The number of ether oxygens (including phenoxy) is 2. The van der Waals surface area contributed by atoms with Gasteiger partial charge < -0.3 is 13.9 Å². The maximum Gasteiger partial charge on any atom is 0.145 e. The fourth-order valence-electron chi connectivity index (χ4n) is 0.481. The van der Waals surface area contributed by atoms with Gasteiger partial charge in [-0.05, 0) is 6.42 Å². The van der Waals surface area contributed by atoms with E-state index in [-0.39, 0.29) is 0 Å². The second-order valence-electron chi connectivity index (χ2n) is 2.29. The van der Waals surface area contributed by atoms with Crippen LogP contribution in [0.2, 0.25) is 0 Å². The summed E-state index contributed by atoms with van der Waals surface area (Å²) in [5.41, 5.74) is 0. The van der Waals surface area contributed by atoms with Gasteiger partial charge in [0.25, 0.3) is 0 Å². The van der Waals surface area contributed by atoms with Crippen LogP contribution in [-0.4, -0.2) is 43.5 Å². The summed E-state index contributed by atoms with van der Waals surface area (Å²) in [6.07, 6.45) is 1.26. The summed E-state index contributed by atoms with van der Waals surface area (Å²) in [4.78, 5) is 0. The lowest BCUT2D eigenvalue weighted by molar-refractivity contribution is 0.120. The first-order valence-corrected chi connectivity index (χ1v) is 4.55. The Morgan fingerprint density at radius 1 is 1.73 bits per heavy atom. The Labute approximate surface area is 71.6 Å². The molecule has 0 aromatic carbocycles. The van der Waals surface area contributed by atoms with Crippen LogP contribution >= 0.6 is 0 Å². The largest absolute Gasteiger partial charge is 0.431 e. The average Bonchev–Trinajstić information content (AvgIpc) is 2.74. The van der Waals surface area contributed by atoms with E-state index in [1.54, 1.807) is 7.11 Å². The van der Waals surface area contributed by atoms with Gasteiger partial charge in [-0.2, -0.15) is 0 Å². The predicted octanol–water partition coefficient (Wildman–Crippen LogP) is -0.461. The summed E-state index contributed by atoms with van der Waals surface area (Å²) in [6.45, 7) is 6.05. The van der Waals surface area contributed by atoms with E-state index >= 15 is 0 Å². The van der Waals surface area contributed by atoms with Crippen LogP contribution in [-0.2, 0) is 13.9 Å². The van der Waals surface area contributed by atoms with Crippen molar-refractivity contribution in [2.75, 3.05) is 26.9 Å². The second kappa shape index (κ2) is 8.20. The maximum atomic E-state index is 5.12. The zero-order valence-electron chi connectivity index (χ0n) is 7.34. The summed E-state index contributed by atoms with van der Waals surface area (Å²) in [5.74, 6) is 0. The lowest BCUT2D eigenvalue weighted by Crippen LogP contribution is -2.01. The Morgan fingerprint density at radius 3 is 2.64 bits per heavy atom. The van der Waals surface area contributed by atoms with Crippen LogP contribution < -0.4 is 0 Å². The minimum Gasteiger partial charge on any atom is -0.431 e. The van der Waals surface area contributed by atoms with Gasteiger partial charge in [0.05, 0.1) is 13.2 Å². The van der Waals surface area contributed by atoms with E-state index in [0.29, 0.717) is 6.10 Å². The molecule has 0 aromatic rings. The topological polar surface area (TPSA) is 31.0 Å². The summed E-state index contributed by atoms with van der Waals surface area (Å²) >= 11 is 0. The highest BCUT2D eigenvalue weighted by Gasteiger charge is 2.21. The quantitative estimate of drug-likeness (QED) is 0.331. The molecule has 1 aliphatic heterocycles. The SMILES string of the molecule is CO[SiH3].[CH2]CCOCC1CO1. The summed E-state index contributed by atoms with van der Waals surface area (Å²) in [6, 6.07) is 0. The molecule has 4 heteroatoms. The number of epoxide rings is 1. The van der Waals surface area contributed by atoms with Crippen molar-refractivity contribution in [1.82, 2.24) is 0 Å². The molecule has 1 unspecified atom stereocenters. The number of rotatable bonds is 4. The zero-order chi connectivity index (χ0) is 8.53. The highest BCUT2D eigenvalue weighted by Crippen LogP contribution is 2.08. The van der Waals surface area contributed by atoms with Gasteiger partial charge in [-0.25, -0.2) is 0 Å². The Kier molecular flexibility index (Phi) is 8.27. The average molecular weight is 177 g/mol. The van der Waals surface area contributed by atoms with E-state index in [1.165, 1.54) is 0 Å². The normalized spacial score (nSPS) is 20.7. The molecule has 1 heterocycles. The highest BCUT2D eigenvalue weighted by molar-refractivity contribution is 5.97. The second-order valence-corrected chi connectivity index (χ2v) is 3.11. The van der Waals surface area contributed by atoms with Crippen molar-refractivity contribution in [2.24, 2.45) is 0 Å². The van der Waals surface area contributed by atoms with E-state index in [1.807, 2.05) is 0 Å². The van der Waals surface area contributed by atoms with Gasteiger partial charge in [-0.1, -0.05) is 6.92 Å². The zero-order valence-corrected chi connectivity index (χ0v) is 9.34. The van der Waals surface area contributed by atoms with Crippen molar-refractivity contribution in [3.8, 4) is 0 Å². The molecule has 0 aromatic heterocycles. The first-order valence-electron chi connectivity index (χ1n) is 3.73. The Bertz CT molecular complexity index is 76.1. The summed E-state index contributed by atoms with van der Waals surface area (Å²) in [5, 5.41) is 0. The molecule has 1 rings (SSSR count). The lowest BCUT2D eigenvalue weighted by Gasteiger charge is -1.95. The summed E-state index contributed by atoms with van der Waals surface area (Å²) in [7, 11) is 2.56. The molecule has 1 saturated heterocycles. The van der Waals surface area contributed by atoms with Gasteiger partial charge in [-0.3, -0.25) is 0 Å². The van der Waals surface area contributed by atoms with E-state index < -0.39 is 0 Å². The summed E-state index contributed by atoms with van der Waals surface area (Å²) < 4.78 is 14.4. The predicted molar refractivity (Wildman–Crippen MR) is 47.5 cm³/mol. The van der Waals surface area contributed by atoms with Crippen LogP contribution in [0.5, 0.6) is 0 Å². The van der Waals surface area contributed by atoms with Crippen LogP contribution in [0, 0.1) is 6.92 Å². The van der Waals surface area contributed by atoms with Gasteiger partial charge in [0, 0.05) is 13.7 Å². The first kappa shape index (κ1) is 11.1. The smallest absolute Gasteiger partial charge is 0.145 e. The van der Waals surface area contributed by atoms with Crippen LogP contribution in [0.1, 0.15) is 6.42 Å². The fraction of sp³-hybridized carbons (Fsp3) is 0.857. The van der Waals surface area contributed by atoms with Gasteiger partial charge in [0.2, 0.25) is 0 Å². The third-order valence-corrected chi connectivity index (χ3v) is 0.995. The van der Waals surface area contributed by atoms with Crippen LogP contribution in [0.4, 0.5) is 0 Å². The van der Waals surface area contributed by atoms with Crippen molar-refractivity contribution in [3.63, 3.8) is 0 Å². The van der Waals surface area contributed by atoms with Gasteiger partial charge in [0.15, 0.2) is 0 Å². The van der Waals surface area contributed by atoms with E-state index in [4.69, 9.17) is 9.47 Å². The molecule has 0 amide bonds. The van der Waals surface area contributed by atoms with E-state index in [9.17, 15) is 0 Å². The number of hydrogen-bond acceptors (Lipinski definition) is 3. The molecular formula is C7H17O3Si. The molecule has 11 heavy (non-hydrogen) atoms.